The summed E-state index contributed by atoms with van der Waals surface area (Å²) in [7, 11) is 1.55. The van der Waals surface area contributed by atoms with E-state index in [1.165, 1.54) is 4.90 Å². The van der Waals surface area contributed by atoms with Gasteiger partial charge in [0, 0.05) is 13.6 Å². The van der Waals surface area contributed by atoms with Crippen LogP contribution in [0.15, 0.2) is 0 Å². The van der Waals surface area contributed by atoms with Crippen molar-refractivity contribution in [3.05, 3.63) is 0 Å². The van der Waals surface area contributed by atoms with Gasteiger partial charge in [-0.1, -0.05) is 20.8 Å². The summed E-state index contributed by atoms with van der Waals surface area (Å²) in [5.41, 5.74) is -0.652. The van der Waals surface area contributed by atoms with Gasteiger partial charge in [0.2, 0.25) is 5.91 Å². The minimum atomic E-state index is -0.560. The molecule has 0 radical (unpaired) electrons. The smallest absolute Gasteiger partial charge is 0.410 e. The Labute approximate surface area is 110 Å². The molecule has 0 unspecified atom stereocenters. The molecular formula is C13H26N2O3. The molecule has 0 rings (SSSR count). The maximum Gasteiger partial charge on any atom is 0.410 e. The summed E-state index contributed by atoms with van der Waals surface area (Å²) in [6.45, 7) is 11.9. The summed E-state index contributed by atoms with van der Waals surface area (Å²) in [6.07, 6.45) is -0.457. The van der Waals surface area contributed by atoms with E-state index in [1.807, 2.05) is 20.8 Å². The number of nitrogens with zero attached hydrogens (tertiary/aromatic N) is 1. The van der Waals surface area contributed by atoms with Gasteiger partial charge < -0.3 is 10.1 Å². The van der Waals surface area contributed by atoms with Crippen LogP contribution in [0, 0.1) is 5.41 Å². The van der Waals surface area contributed by atoms with Crippen molar-refractivity contribution in [2.75, 3.05) is 20.1 Å². The van der Waals surface area contributed by atoms with E-state index in [4.69, 9.17) is 4.74 Å². The van der Waals surface area contributed by atoms with Crippen LogP contribution in [0.1, 0.15) is 41.5 Å². The highest BCUT2D eigenvalue weighted by atomic mass is 16.6. The number of nitrogens with one attached hydrogen (secondary N) is 1. The SMILES string of the molecule is CNC(=O)CN(CC(C)(C)C)C(=O)OC(C)(C)C. The Kier molecular flexibility index (Phi) is 5.64. The second kappa shape index (κ2) is 6.07. The summed E-state index contributed by atoms with van der Waals surface area (Å²) in [5.74, 6) is -0.204. The molecule has 5 heteroatoms. The average molecular weight is 258 g/mol. The lowest BCUT2D eigenvalue weighted by molar-refractivity contribution is -0.122. The Morgan fingerprint density at radius 2 is 1.61 bits per heavy atom. The molecule has 0 atom stereocenters. The van der Waals surface area contributed by atoms with Gasteiger partial charge in [-0.15, -0.1) is 0 Å². The first-order valence-electron chi connectivity index (χ1n) is 6.13. The molecule has 0 heterocycles. The van der Waals surface area contributed by atoms with Crippen molar-refractivity contribution in [2.45, 2.75) is 47.1 Å². The quantitative estimate of drug-likeness (QED) is 0.842. The zero-order valence-corrected chi connectivity index (χ0v) is 12.6. The van der Waals surface area contributed by atoms with Crippen molar-refractivity contribution in [1.29, 1.82) is 0 Å². The molecule has 0 spiro atoms. The molecule has 18 heavy (non-hydrogen) atoms. The van der Waals surface area contributed by atoms with E-state index < -0.39 is 11.7 Å². The lowest BCUT2D eigenvalue weighted by atomic mass is 9.96. The normalized spacial score (nSPS) is 11.9. The highest BCUT2D eigenvalue weighted by Crippen LogP contribution is 2.17. The third-order valence-electron chi connectivity index (χ3n) is 1.93. The van der Waals surface area contributed by atoms with E-state index in [0.717, 1.165) is 0 Å². The number of carbonyl (C=O) groups excluding carboxylic acids is 2. The van der Waals surface area contributed by atoms with Crippen LogP contribution in [0.25, 0.3) is 0 Å². The van der Waals surface area contributed by atoms with Crippen molar-refractivity contribution in [2.24, 2.45) is 5.41 Å². The van der Waals surface area contributed by atoms with Crippen molar-refractivity contribution in [3.63, 3.8) is 0 Å². The monoisotopic (exact) mass is 258 g/mol. The Morgan fingerprint density at radius 1 is 1.11 bits per heavy atom. The van der Waals surface area contributed by atoms with Crippen molar-refractivity contribution < 1.29 is 14.3 Å². The third-order valence-corrected chi connectivity index (χ3v) is 1.93. The van der Waals surface area contributed by atoms with Crippen molar-refractivity contribution in [3.8, 4) is 0 Å². The zero-order chi connectivity index (χ0) is 14.6. The first-order chi connectivity index (χ1) is 7.94. The van der Waals surface area contributed by atoms with E-state index in [9.17, 15) is 9.59 Å². The predicted octanol–water partition coefficient (Wildman–Crippen LogP) is 2.02. The summed E-state index contributed by atoms with van der Waals surface area (Å²) >= 11 is 0. The van der Waals surface area contributed by atoms with Gasteiger partial charge in [0.15, 0.2) is 0 Å². The van der Waals surface area contributed by atoms with E-state index in [2.05, 4.69) is 5.32 Å². The molecule has 0 aromatic heterocycles. The molecule has 0 aliphatic rings. The number of hydrogen-bond acceptors (Lipinski definition) is 3. The van der Waals surface area contributed by atoms with Gasteiger partial charge in [0.25, 0.3) is 0 Å². The standard InChI is InChI=1S/C13H26N2O3/c1-12(2,3)9-15(8-10(16)14-7)11(17)18-13(4,5)6/h8-9H2,1-7H3,(H,14,16). The summed E-state index contributed by atoms with van der Waals surface area (Å²) in [4.78, 5) is 24.9. The Bertz CT molecular complexity index is 300. The first-order valence-corrected chi connectivity index (χ1v) is 6.13. The fourth-order valence-electron chi connectivity index (χ4n) is 1.34. The van der Waals surface area contributed by atoms with Crippen LogP contribution in [-0.4, -0.2) is 42.6 Å². The Morgan fingerprint density at radius 3 is 1.94 bits per heavy atom. The van der Waals surface area contributed by atoms with Gasteiger partial charge in [-0.2, -0.15) is 0 Å². The molecule has 0 aromatic rings. The van der Waals surface area contributed by atoms with Gasteiger partial charge >= 0.3 is 6.09 Å². The van der Waals surface area contributed by atoms with Crippen LogP contribution in [-0.2, 0) is 9.53 Å². The van der Waals surface area contributed by atoms with E-state index in [0.29, 0.717) is 6.54 Å². The molecule has 0 fully saturated rings. The van der Waals surface area contributed by atoms with Crippen molar-refractivity contribution in [1.82, 2.24) is 10.2 Å². The minimum Gasteiger partial charge on any atom is -0.444 e. The molecule has 0 aliphatic heterocycles. The molecule has 1 N–H and O–H groups in total. The second-order valence-electron chi connectivity index (χ2n) is 6.57. The molecule has 0 aliphatic carbocycles. The number of rotatable bonds is 3. The van der Waals surface area contributed by atoms with E-state index in [-0.39, 0.29) is 17.9 Å². The second-order valence-corrected chi connectivity index (χ2v) is 6.57. The lowest BCUT2D eigenvalue weighted by Gasteiger charge is -2.31. The van der Waals surface area contributed by atoms with Crippen LogP contribution >= 0.6 is 0 Å². The average Bonchev–Trinajstić information content (AvgIpc) is 2.11. The summed E-state index contributed by atoms with van der Waals surface area (Å²) in [6, 6.07) is 0. The minimum absolute atomic E-state index is 0.0166. The topological polar surface area (TPSA) is 58.6 Å². The van der Waals surface area contributed by atoms with Gasteiger partial charge in [0.05, 0.1) is 0 Å². The predicted molar refractivity (Wildman–Crippen MR) is 71.3 cm³/mol. The fraction of sp³-hybridized carbons (Fsp3) is 0.846. The largest absolute Gasteiger partial charge is 0.444 e. The summed E-state index contributed by atoms with van der Waals surface area (Å²) in [5, 5.41) is 2.51. The molecular weight excluding hydrogens is 232 g/mol. The van der Waals surface area contributed by atoms with Crippen LogP contribution in [0.3, 0.4) is 0 Å². The third kappa shape index (κ3) is 7.92. The van der Waals surface area contributed by atoms with Crippen LogP contribution in [0.5, 0.6) is 0 Å². The number of likely N-dealkylation sites (N-methyl/N-ethyl adjacent to an activating group) is 1. The number of carbonyl (C=O) groups is 2. The van der Waals surface area contributed by atoms with Crippen LogP contribution in [0.2, 0.25) is 0 Å². The maximum absolute atomic E-state index is 12.0. The Hall–Kier alpha value is -1.26. The number of amides is 2. The molecule has 5 nitrogen and oxygen atoms in total. The van der Waals surface area contributed by atoms with Gasteiger partial charge in [-0.05, 0) is 26.2 Å². The molecule has 2 amide bonds. The van der Waals surface area contributed by atoms with Gasteiger partial charge in [0.1, 0.15) is 12.1 Å². The fourth-order valence-corrected chi connectivity index (χ4v) is 1.34. The van der Waals surface area contributed by atoms with Crippen molar-refractivity contribution >= 4 is 12.0 Å². The van der Waals surface area contributed by atoms with Gasteiger partial charge in [-0.3, -0.25) is 9.69 Å². The molecule has 0 saturated carbocycles. The highest BCUT2D eigenvalue weighted by Gasteiger charge is 2.27. The number of ether oxygens (including phenoxy) is 1. The molecule has 0 saturated heterocycles. The van der Waals surface area contributed by atoms with E-state index >= 15 is 0 Å². The lowest BCUT2D eigenvalue weighted by Crippen LogP contribution is -2.45. The Balaban J connectivity index is 4.75. The molecule has 0 aromatic carbocycles. The summed E-state index contributed by atoms with van der Waals surface area (Å²) < 4.78 is 5.30. The van der Waals surface area contributed by atoms with E-state index in [1.54, 1.807) is 27.8 Å². The number of hydrogen-bond donors (Lipinski definition) is 1. The maximum atomic E-state index is 12.0. The highest BCUT2D eigenvalue weighted by molar-refractivity contribution is 5.82. The zero-order valence-electron chi connectivity index (χ0n) is 12.6. The van der Waals surface area contributed by atoms with Crippen LogP contribution in [0.4, 0.5) is 4.79 Å². The molecule has 0 bridgehead atoms. The van der Waals surface area contributed by atoms with Crippen LogP contribution < -0.4 is 5.32 Å². The van der Waals surface area contributed by atoms with Gasteiger partial charge in [-0.25, -0.2) is 4.79 Å². The first kappa shape index (κ1) is 16.7. The molecule has 106 valence electrons.